The zero-order valence-corrected chi connectivity index (χ0v) is 9.05. The van der Waals surface area contributed by atoms with E-state index >= 15 is 0 Å². The summed E-state index contributed by atoms with van der Waals surface area (Å²) in [5.41, 5.74) is 0.956. The SMILES string of the molecule is CCCCCC/C(CO)=C(/C)C(=O)O. The Kier molecular flexibility index (Phi) is 7.11. The molecule has 2 N–H and O–H groups in total. The van der Waals surface area contributed by atoms with Gasteiger partial charge in [-0.3, -0.25) is 0 Å². The van der Waals surface area contributed by atoms with Crippen molar-refractivity contribution in [2.75, 3.05) is 6.61 Å². The van der Waals surface area contributed by atoms with E-state index in [2.05, 4.69) is 6.92 Å². The monoisotopic (exact) mass is 200 g/mol. The molecule has 0 saturated carbocycles. The van der Waals surface area contributed by atoms with Crippen molar-refractivity contribution < 1.29 is 15.0 Å². The molecule has 0 atom stereocenters. The van der Waals surface area contributed by atoms with Crippen molar-refractivity contribution in [2.24, 2.45) is 0 Å². The van der Waals surface area contributed by atoms with E-state index in [0.29, 0.717) is 17.6 Å². The van der Waals surface area contributed by atoms with Gasteiger partial charge in [0.1, 0.15) is 0 Å². The standard InChI is InChI=1S/C11H20O3/c1-3-4-5-6-7-10(8-12)9(2)11(13)14/h12H,3-8H2,1-2H3,(H,13,14)/b10-9+. The van der Waals surface area contributed by atoms with E-state index in [1.54, 1.807) is 6.92 Å². The fourth-order valence-electron chi connectivity index (χ4n) is 1.30. The first-order valence-corrected chi connectivity index (χ1v) is 5.16. The molecule has 0 rings (SSSR count). The summed E-state index contributed by atoms with van der Waals surface area (Å²) >= 11 is 0. The lowest BCUT2D eigenvalue weighted by Gasteiger charge is -2.06. The molecule has 0 fully saturated rings. The smallest absolute Gasteiger partial charge is 0.331 e. The molecule has 82 valence electrons. The molecule has 0 unspecified atom stereocenters. The average molecular weight is 200 g/mol. The van der Waals surface area contributed by atoms with Crippen molar-refractivity contribution in [1.82, 2.24) is 0 Å². The molecule has 0 saturated heterocycles. The highest BCUT2D eigenvalue weighted by Crippen LogP contribution is 2.13. The molecule has 14 heavy (non-hydrogen) atoms. The summed E-state index contributed by atoms with van der Waals surface area (Å²) < 4.78 is 0. The molecule has 0 spiro atoms. The molecule has 0 aromatic heterocycles. The number of aliphatic hydroxyl groups excluding tert-OH is 1. The third-order valence-corrected chi connectivity index (χ3v) is 2.37. The van der Waals surface area contributed by atoms with Crippen LogP contribution in [0.5, 0.6) is 0 Å². The number of carboxylic acids is 1. The number of aliphatic carboxylic acids is 1. The van der Waals surface area contributed by atoms with E-state index in [1.807, 2.05) is 0 Å². The quantitative estimate of drug-likeness (QED) is 0.490. The van der Waals surface area contributed by atoms with Crippen molar-refractivity contribution in [3.05, 3.63) is 11.1 Å². The first kappa shape index (κ1) is 13.2. The molecule has 0 radical (unpaired) electrons. The summed E-state index contributed by atoms with van der Waals surface area (Å²) in [6.45, 7) is 3.54. The normalized spacial score (nSPS) is 12.5. The first-order valence-electron chi connectivity index (χ1n) is 5.16. The second-order valence-corrected chi connectivity index (χ2v) is 3.50. The maximum absolute atomic E-state index is 10.6. The number of unbranched alkanes of at least 4 members (excludes halogenated alkanes) is 3. The van der Waals surface area contributed by atoms with Crippen LogP contribution < -0.4 is 0 Å². The Balaban J connectivity index is 4.02. The molecule has 0 aromatic rings. The number of hydrogen-bond acceptors (Lipinski definition) is 2. The topological polar surface area (TPSA) is 57.5 Å². The van der Waals surface area contributed by atoms with Gasteiger partial charge in [-0.2, -0.15) is 0 Å². The van der Waals surface area contributed by atoms with Gasteiger partial charge < -0.3 is 10.2 Å². The summed E-state index contributed by atoms with van der Waals surface area (Å²) in [6.07, 6.45) is 5.11. The molecule has 0 amide bonds. The van der Waals surface area contributed by atoms with Gasteiger partial charge in [0.25, 0.3) is 0 Å². The van der Waals surface area contributed by atoms with E-state index < -0.39 is 5.97 Å². The summed E-state index contributed by atoms with van der Waals surface area (Å²) in [6, 6.07) is 0. The molecular formula is C11H20O3. The Labute approximate surface area is 85.4 Å². The molecule has 0 aliphatic heterocycles. The lowest BCUT2D eigenvalue weighted by molar-refractivity contribution is -0.132. The largest absolute Gasteiger partial charge is 0.478 e. The molecule has 0 aliphatic rings. The van der Waals surface area contributed by atoms with E-state index in [0.717, 1.165) is 19.3 Å². The number of hydrogen-bond donors (Lipinski definition) is 2. The second kappa shape index (κ2) is 7.56. The fourth-order valence-corrected chi connectivity index (χ4v) is 1.30. The van der Waals surface area contributed by atoms with E-state index in [9.17, 15) is 4.79 Å². The molecule has 3 nitrogen and oxygen atoms in total. The van der Waals surface area contributed by atoms with Gasteiger partial charge in [-0.15, -0.1) is 0 Å². The zero-order chi connectivity index (χ0) is 11.0. The summed E-state index contributed by atoms with van der Waals surface area (Å²) in [4.78, 5) is 10.6. The summed E-state index contributed by atoms with van der Waals surface area (Å²) in [5.74, 6) is -0.926. The number of aliphatic hydroxyl groups is 1. The van der Waals surface area contributed by atoms with Crippen molar-refractivity contribution in [3.63, 3.8) is 0 Å². The molecule has 0 bridgehead atoms. The first-order chi connectivity index (χ1) is 6.63. The highest BCUT2D eigenvalue weighted by molar-refractivity contribution is 5.86. The fraction of sp³-hybridized carbons (Fsp3) is 0.727. The van der Waals surface area contributed by atoms with Gasteiger partial charge in [0.05, 0.1) is 6.61 Å². The third-order valence-electron chi connectivity index (χ3n) is 2.37. The Morgan fingerprint density at radius 3 is 2.29 bits per heavy atom. The summed E-state index contributed by atoms with van der Waals surface area (Å²) in [7, 11) is 0. The maximum Gasteiger partial charge on any atom is 0.331 e. The highest BCUT2D eigenvalue weighted by atomic mass is 16.4. The Morgan fingerprint density at radius 1 is 1.21 bits per heavy atom. The Bertz CT molecular complexity index is 207. The maximum atomic E-state index is 10.6. The van der Waals surface area contributed by atoms with Crippen LogP contribution in [0.4, 0.5) is 0 Å². The van der Waals surface area contributed by atoms with Crippen molar-refractivity contribution in [2.45, 2.75) is 46.0 Å². The van der Waals surface area contributed by atoms with E-state index in [4.69, 9.17) is 10.2 Å². The Morgan fingerprint density at radius 2 is 1.86 bits per heavy atom. The van der Waals surface area contributed by atoms with Gasteiger partial charge in [0.2, 0.25) is 0 Å². The van der Waals surface area contributed by atoms with Gasteiger partial charge in [-0.25, -0.2) is 4.79 Å². The van der Waals surface area contributed by atoms with Crippen LogP contribution in [0.3, 0.4) is 0 Å². The van der Waals surface area contributed by atoms with Crippen molar-refractivity contribution in [1.29, 1.82) is 0 Å². The number of carboxylic acid groups (broad SMARTS) is 1. The van der Waals surface area contributed by atoms with Crippen molar-refractivity contribution >= 4 is 5.97 Å². The van der Waals surface area contributed by atoms with Gasteiger partial charge in [-0.05, 0) is 25.3 Å². The van der Waals surface area contributed by atoms with Crippen molar-refractivity contribution in [3.8, 4) is 0 Å². The minimum atomic E-state index is -0.926. The predicted molar refractivity (Wildman–Crippen MR) is 56.2 cm³/mol. The molecular weight excluding hydrogens is 180 g/mol. The van der Waals surface area contributed by atoms with E-state index in [-0.39, 0.29) is 6.61 Å². The van der Waals surface area contributed by atoms with Crippen LogP contribution in [-0.4, -0.2) is 22.8 Å². The zero-order valence-electron chi connectivity index (χ0n) is 9.05. The van der Waals surface area contributed by atoms with Gasteiger partial charge in [0.15, 0.2) is 0 Å². The van der Waals surface area contributed by atoms with Crippen LogP contribution >= 0.6 is 0 Å². The van der Waals surface area contributed by atoms with Crippen LogP contribution in [0.1, 0.15) is 46.0 Å². The van der Waals surface area contributed by atoms with E-state index in [1.165, 1.54) is 6.42 Å². The van der Waals surface area contributed by atoms with Crippen LogP contribution in [0.15, 0.2) is 11.1 Å². The minimum Gasteiger partial charge on any atom is -0.478 e. The van der Waals surface area contributed by atoms with Crippen LogP contribution in [-0.2, 0) is 4.79 Å². The Hall–Kier alpha value is -0.830. The van der Waals surface area contributed by atoms with Gasteiger partial charge >= 0.3 is 5.97 Å². The molecule has 0 aromatic carbocycles. The third kappa shape index (κ3) is 5.02. The van der Waals surface area contributed by atoms with Gasteiger partial charge in [0, 0.05) is 5.57 Å². The minimum absolute atomic E-state index is 0.135. The lowest BCUT2D eigenvalue weighted by atomic mass is 10.0. The van der Waals surface area contributed by atoms with Crippen LogP contribution in [0.2, 0.25) is 0 Å². The van der Waals surface area contributed by atoms with Crippen LogP contribution in [0.25, 0.3) is 0 Å². The number of carbonyl (C=O) groups is 1. The highest BCUT2D eigenvalue weighted by Gasteiger charge is 2.07. The van der Waals surface area contributed by atoms with Crippen LogP contribution in [0, 0.1) is 0 Å². The molecule has 0 heterocycles. The molecule has 3 heteroatoms. The average Bonchev–Trinajstić information content (AvgIpc) is 2.17. The molecule has 0 aliphatic carbocycles. The lowest BCUT2D eigenvalue weighted by Crippen LogP contribution is -2.04. The number of rotatable bonds is 7. The second-order valence-electron chi connectivity index (χ2n) is 3.50. The predicted octanol–water partition coefficient (Wildman–Crippen LogP) is 2.35. The van der Waals surface area contributed by atoms with Gasteiger partial charge in [-0.1, -0.05) is 26.2 Å². The summed E-state index contributed by atoms with van der Waals surface area (Å²) in [5, 5.41) is 17.7.